The maximum absolute atomic E-state index is 12.2. The fourth-order valence-corrected chi connectivity index (χ4v) is 3.46. The number of hydrogen-bond donors (Lipinski definition) is 2. The molecule has 0 heterocycles. The summed E-state index contributed by atoms with van der Waals surface area (Å²) in [7, 11) is -3.58. The highest BCUT2D eigenvalue weighted by Gasteiger charge is 2.15. The second kappa shape index (κ2) is 9.34. The molecule has 0 aromatic heterocycles. The molecule has 0 saturated heterocycles. The van der Waals surface area contributed by atoms with Crippen molar-refractivity contribution < 1.29 is 13.2 Å². The predicted molar refractivity (Wildman–Crippen MR) is 99.0 cm³/mol. The molecular formula is C19H24N2O3S. The molecule has 0 bridgehead atoms. The molecule has 2 N–H and O–H groups in total. The van der Waals surface area contributed by atoms with Crippen molar-refractivity contribution in [3.8, 4) is 0 Å². The van der Waals surface area contributed by atoms with E-state index in [1.165, 1.54) is 12.1 Å². The normalized spacial score (nSPS) is 11.2. The zero-order valence-electron chi connectivity index (χ0n) is 14.4. The predicted octanol–water partition coefficient (Wildman–Crippen LogP) is 2.74. The van der Waals surface area contributed by atoms with Crippen LogP contribution in [-0.2, 0) is 16.4 Å². The van der Waals surface area contributed by atoms with E-state index in [4.69, 9.17) is 0 Å². The molecule has 0 aliphatic carbocycles. The fourth-order valence-electron chi connectivity index (χ4n) is 2.34. The van der Waals surface area contributed by atoms with Gasteiger partial charge in [0.25, 0.3) is 5.91 Å². The Kier molecular flexibility index (Phi) is 7.16. The molecule has 5 nitrogen and oxygen atoms in total. The number of nitrogens with one attached hydrogen (secondary N) is 2. The first-order valence-corrected chi connectivity index (χ1v) is 9.93. The molecule has 2 aromatic rings. The van der Waals surface area contributed by atoms with Gasteiger partial charge in [0.1, 0.15) is 0 Å². The Labute approximate surface area is 149 Å². The van der Waals surface area contributed by atoms with Gasteiger partial charge in [-0.15, -0.1) is 0 Å². The minimum atomic E-state index is -3.58. The van der Waals surface area contributed by atoms with Crippen LogP contribution in [-0.4, -0.2) is 27.4 Å². The van der Waals surface area contributed by atoms with Gasteiger partial charge in [-0.05, 0) is 36.6 Å². The Bertz CT molecular complexity index is 789. The summed E-state index contributed by atoms with van der Waals surface area (Å²) in [6.45, 7) is 2.88. The van der Waals surface area contributed by atoms with Crippen LogP contribution in [0, 0.1) is 0 Å². The Hall–Kier alpha value is -2.18. The van der Waals surface area contributed by atoms with Gasteiger partial charge in [-0.2, -0.15) is 0 Å². The van der Waals surface area contributed by atoms with Gasteiger partial charge >= 0.3 is 0 Å². The molecule has 6 heteroatoms. The SMILES string of the molecule is CCCCNS(=O)(=O)c1cccc(C(=O)NCCc2ccccc2)c1. The molecule has 0 fully saturated rings. The van der Waals surface area contributed by atoms with Crippen molar-refractivity contribution in [2.75, 3.05) is 13.1 Å². The van der Waals surface area contributed by atoms with Crippen molar-refractivity contribution in [3.63, 3.8) is 0 Å². The van der Waals surface area contributed by atoms with Gasteiger partial charge in [0.15, 0.2) is 0 Å². The van der Waals surface area contributed by atoms with Crippen molar-refractivity contribution >= 4 is 15.9 Å². The summed E-state index contributed by atoms with van der Waals surface area (Å²) in [5.41, 5.74) is 1.48. The third-order valence-electron chi connectivity index (χ3n) is 3.77. The summed E-state index contributed by atoms with van der Waals surface area (Å²) < 4.78 is 27.0. The Morgan fingerprint density at radius 2 is 1.76 bits per heavy atom. The molecule has 0 unspecified atom stereocenters. The second-order valence-electron chi connectivity index (χ2n) is 5.77. The molecule has 2 rings (SSSR count). The molecule has 0 aliphatic heterocycles. The lowest BCUT2D eigenvalue weighted by atomic mass is 10.1. The summed E-state index contributed by atoms with van der Waals surface area (Å²) in [4.78, 5) is 12.4. The fraction of sp³-hybridized carbons (Fsp3) is 0.316. The van der Waals surface area contributed by atoms with Crippen LogP contribution in [0.3, 0.4) is 0 Å². The first-order chi connectivity index (χ1) is 12.0. The van der Waals surface area contributed by atoms with Crippen LogP contribution >= 0.6 is 0 Å². The lowest BCUT2D eigenvalue weighted by Crippen LogP contribution is -2.27. The van der Waals surface area contributed by atoms with Crippen LogP contribution in [0.2, 0.25) is 0 Å². The molecule has 0 atom stereocenters. The van der Waals surface area contributed by atoms with Gasteiger partial charge in [0.05, 0.1) is 4.90 Å². The van der Waals surface area contributed by atoms with Gasteiger partial charge in [-0.1, -0.05) is 49.7 Å². The summed E-state index contributed by atoms with van der Waals surface area (Å²) in [5, 5.41) is 2.82. The first kappa shape index (κ1) is 19.1. The van der Waals surface area contributed by atoms with Crippen molar-refractivity contribution in [1.82, 2.24) is 10.0 Å². The molecule has 25 heavy (non-hydrogen) atoms. The third-order valence-corrected chi connectivity index (χ3v) is 5.23. The van der Waals surface area contributed by atoms with E-state index in [2.05, 4.69) is 10.0 Å². The number of rotatable bonds is 9. The number of amides is 1. The average molecular weight is 360 g/mol. The molecule has 1 amide bonds. The zero-order chi connectivity index (χ0) is 18.1. The number of sulfonamides is 1. The molecular weight excluding hydrogens is 336 g/mol. The Morgan fingerprint density at radius 1 is 1.00 bits per heavy atom. The minimum absolute atomic E-state index is 0.110. The van der Waals surface area contributed by atoms with E-state index in [0.717, 1.165) is 24.8 Å². The Morgan fingerprint density at radius 3 is 2.48 bits per heavy atom. The molecule has 2 aromatic carbocycles. The van der Waals surface area contributed by atoms with Crippen molar-refractivity contribution in [2.45, 2.75) is 31.1 Å². The highest BCUT2D eigenvalue weighted by molar-refractivity contribution is 7.89. The lowest BCUT2D eigenvalue weighted by Gasteiger charge is -2.09. The lowest BCUT2D eigenvalue weighted by molar-refractivity contribution is 0.0954. The molecule has 134 valence electrons. The van der Waals surface area contributed by atoms with E-state index in [1.807, 2.05) is 37.3 Å². The van der Waals surface area contributed by atoms with Crippen molar-refractivity contribution in [2.24, 2.45) is 0 Å². The molecule has 0 aliphatic rings. The first-order valence-electron chi connectivity index (χ1n) is 8.45. The summed E-state index contributed by atoms with van der Waals surface area (Å²) in [6.07, 6.45) is 2.41. The van der Waals surface area contributed by atoms with Crippen LogP contribution in [0.15, 0.2) is 59.5 Å². The highest BCUT2D eigenvalue weighted by Crippen LogP contribution is 2.12. The van der Waals surface area contributed by atoms with Gasteiger partial charge in [-0.3, -0.25) is 4.79 Å². The van der Waals surface area contributed by atoms with Crippen LogP contribution in [0.1, 0.15) is 35.7 Å². The quantitative estimate of drug-likeness (QED) is 0.675. The number of carbonyl (C=O) groups is 1. The van der Waals surface area contributed by atoms with Crippen molar-refractivity contribution in [3.05, 3.63) is 65.7 Å². The van der Waals surface area contributed by atoms with Gasteiger partial charge < -0.3 is 5.32 Å². The van der Waals surface area contributed by atoms with Crippen LogP contribution < -0.4 is 10.0 Å². The van der Waals surface area contributed by atoms with Gasteiger partial charge in [-0.25, -0.2) is 13.1 Å². The van der Waals surface area contributed by atoms with Crippen LogP contribution in [0.5, 0.6) is 0 Å². The summed E-state index contributed by atoms with van der Waals surface area (Å²) >= 11 is 0. The van der Waals surface area contributed by atoms with E-state index < -0.39 is 10.0 Å². The number of carbonyl (C=O) groups excluding carboxylic acids is 1. The number of unbranched alkanes of at least 4 members (excludes halogenated alkanes) is 1. The van der Waals surface area contributed by atoms with E-state index in [1.54, 1.807) is 12.1 Å². The topological polar surface area (TPSA) is 75.3 Å². The zero-order valence-corrected chi connectivity index (χ0v) is 15.2. The second-order valence-corrected chi connectivity index (χ2v) is 7.54. The number of hydrogen-bond acceptors (Lipinski definition) is 3. The van der Waals surface area contributed by atoms with E-state index in [-0.39, 0.29) is 10.8 Å². The smallest absolute Gasteiger partial charge is 0.251 e. The van der Waals surface area contributed by atoms with Gasteiger partial charge in [0.2, 0.25) is 10.0 Å². The average Bonchev–Trinajstić information content (AvgIpc) is 2.63. The standard InChI is InChI=1S/C19H24N2O3S/c1-2-3-13-21-25(23,24)18-11-7-10-17(15-18)19(22)20-14-12-16-8-5-4-6-9-16/h4-11,15,21H,2-3,12-14H2,1H3,(H,20,22). The van der Waals surface area contributed by atoms with Crippen LogP contribution in [0.4, 0.5) is 0 Å². The molecule has 0 radical (unpaired) electrons. The van der Waals surface area contributed by atoms with E-state index >= 15 is 0 Å². The maximum atomic E-state index is 12.2. The van der Waals surface area contributed by atoms with E-state index in [9.17, 15) is 13.2 Å². The third kappa shape index (κ3) is 5.99. The van der Waals surface area contributed by atoms with E-state index in [0.29, 0.717) is 18.7 Å². The summed E-state index contributed by atoms with van der Waals surface area (Å²) in [5.74, 6) is -0.276. The highest BCUT2D eigenvalue weighted by atomic mass is 32.2. The van der Waals surface area contributed by atoms with Gasteiger partial charge in [0, 0.05) is 18.7 Å². The largest absolute Gasteiger partial charge is 0.352 e. The summed E-state index contributed by atoms with van der Waals surface area (Å²) in [6, 6.07) is 16.0. The molecule has 0 saturated carbocycles. The monoisotopic (exact) mass is 360 g/mol. The van der Waals surface area contributed by atoms with Crippen LogP contribution in [0.25, 0.3) is 0 Å². The number of benzene rings is 2. The molecule has 0 spiro atoms. The Balaban J connectivity index is 1.96. The minimum Gasteiger partial charge on any atom is -0.352 e. The maximum Gasteiger partial charge on any atom is 0.251 e. The van der Waals surface area contributed by atoms with Crippen molar-refractivity contribution in [1.29, 1.82) is 0 Å².